The van der Waals surface area contributed by atoms with Crippen LogP contribution in [0.15, 0.2) is 67.3 Å². The molecule has 0 radical (unpaired) electrons. The molecule has 158 valence electrons. The SMILES string of the molecule is Cc1ccc(-c2ccc(C=Nn3c(C(C)(C)C)nc4ccc(Br)cc4c3=O)o2)cc1Cl. The Bertz CT molecular complexity index is 1380. The predicted molar refractivity (Wildman–Crippen MR) is 129 cm³/mol. The molecule has 0 bridgehead atoms. The van der Waals surface area contributed by atoms with Crippen LogP contribution in [0.1, 0.15) is 37.9 Å². The summed E-state index contributed by atoms with van der Waals surface area (Å²) in [6.07, 6.45) is 1.53. The second-order valence-electron chi connectivity index (χ2n) is 8.37. The van der Waals surface area contributed by atoms with Crippen LogP contribution in [0.25, 0.3) is 22.2 Å². The second kappa shape index (κ2) is 8.09. The lowest BCUT2D eigenvalue weighted by Crippen LogP contribution is -2.29. The van der Waals surface area contributed by atoms with Gasteiger partial charge in [-0.3, -0.25) is 4.79 Å². The van der Waals surface area contributed by atoms with Crippen LogP contribution >= 0.6 is 27.5 Å². The highest BCUT2D eigenvalue weighted by molar-refractivity contribution is 9.10. The van der Waals surface area contributed by atoms with Crippen LogP contribution in [0, 0.1) is 6.92 Å². The van der Waals surface area contributed by atoms with Crippen molar-refractivity contribution in [2.24, 2.45) is 5.10 Å². The van der Waals surface area contributed by atoms with Gasteiger partial charge in [0, 0.05) is 20.5 Å². The van der Waals surface area contributed by atoms with Gasteiger partial charge in [0.2, 0.25) is 0 Å². The lowest BCUT2D eigenvalue weighted by Gasteiger charge is -2.20. The number of nitrogens with zero attached hydrogens (tertiary/aromatic N) is 3. The van der Waals surface area contributed by atoms with Crippen molar-refractivity contribution < 1.29 is 4.42 Å². The molecule has 0 unspecified atom stereocenters. The third-order valence-electron chi connectivity index (χ3n) is 4.86. The van der Waals surface area contributed by atoms with E-state index >= 15 is 0 Å². The van der Waals surface area contributed by atoms with Crippen molar-refractivity contribution in [3.63, 3.8) is 0 Å². The van der Waals surface area contributed by atoms with Gasteiger partial charge in [-0.05, 0) is 48.9 Å². The number of halogens is 2. The van der Waals surface area contributed by atoms with Gasteiger partial charge < -0.3 is 4.42 Å². The molecule has 0 aliphatic carbocycles. The number of rotatable bonds is 3. The van der Waals surface area contributed by atoms with Crippen LogP contribution in [0.2, 0.25) is 5.02 Å². The quantitative estimate of drug-likeness (QED) is 0.301. The Balaban J connectivity index is 1.77. The molecule has 2 aromatic carbocycles. The molecule has 2 aromatic heterocycles. The monoisotopic (exact) mass is 497 g/mol. The fraction of sp³-hybridized carbons (Fsp3) is 0.208. The number of benzene rings is 2. The molecule has 0 aliphatic heterocycles. The second-order valence-corrected chi connectivity index (χ2v) is 9.70. The number of hydrogen-bond donors (Lipinski definition) is 0. The maximum atomic E-state index is 13.2. The summed E-state index contributed by atoms with van der Waals surface area (Å²) in [5.41, 5.74) is 1.90. The fourth-order valence-corrected chi connectivity index (χ4v) is 3.72. The normalized spacial score (nSPS) is 12.2. The van der Waals surface area contributed by atoms with E-state index in [2.05, 4.69) is 21.0 Å². The van der Waals surface area contributed by atoms with E-state index in [0.29, 0.717) is 33.3 Å². The number of furan rings is 1. The Morgan fingerprint density at radius 2 is 1.90 bits per heavy atom. The Hall–Kier alpha value is -2.70. The van der Waals surface area contributed by atoms with Crippen molar-refractivity contribution in [1.29, 1.82) is 0 Å². The van der Waals surface area contributed by atoms with E-state index in [0.717, 1.165) is 15.6 Å². The number of aromatic nitrogens is 2. The summed E-state index contributed by atoms with van der Waals surface area (Å²) < 4.78 is 8.06. The molecule has 4 rings (SSSR count). The molecule has 5 nitrogen and oxygen atoms in total. The smallest absolute Gasteiger partial charge is 0.282 e. The molecule has 7 heteroatoms. The summed E-state index contributed by atoms with van der Waals surface area (Å²) in [4.78, 5) is 17.9. The van der Waals surface area contributed by atoms with Crippen LogP contribution in [-0.4, -0.2) is 15.9 Å². The summed E-state index contributed by atoms with van der Waals surface area (Å²) in [6.45, 7) is 7.94. The van der Waals surface area contributed by atoms with E-state index < -0.39 is 0 Å². The van der Waals surface area contributed by atoms with E-state index in [1.807, 2.05) is 64.1 Å². The lowest BCUT2D eigenvalue weighted by atomic mass is 9.95. The third kappa shape index (κ3) is 4.36. The van der Waals surface area contributed by atoms with Crippen molar-refractivity contribution in [3.8, 4) is 11.3 Å². The van der Waals surface area contributed by atoms with Gasteiger partial charge in [0.25, 0.3) is 5.56 Å². The molecular weight excluding hydrogens is 478 g/mol. The summed E-state index contributed by atoms with van der Waals surface area (Å²) >= 11 is 9.65. The molecule has 0 N–H and O–H groups in total. The molecular formula is C24H21BrClN3O2. The van der Waals surface area contributed by atoms with Crippen molar-refractivity contribution >= 4 is 44.6 Å². The van der Waals surface area contributed by atoms with Crippen LogP contribution in [0.3, 0.4) is 0 Å². The molecule has 0 aliphatic rings. The highest BCUT2D eigenvalue weighted by atomic mass is 79.9. The Kier molecular flexibility index (Phi) is 5.62. The molecule has 0 saturated carbocycles. The maximum absolute atomic E-state index is 13.2. The van der Waals surface area contributed by atoms with E-state index in [4.69, 9.17) is 21.0 Å². The van der Waals surface area contributed by atoms with Crippen molar-refractivity contribution in [2.75, 3.05) is 0 Å². The first-order valence-corrected chi connectivity index (χ1v) is 10.9. The average molecular weight is 499 g/mol. The topological polar surface area (TPSA) is 60.4 Å². The first-order chi connectivity index (χ1) is 14.6. The third-order valence-corrected chi connectivity index (χ3v) is 5.76. The number of fused-ring (bicyclic) bond motifs is 1. The van der Waals surface area contributed by atoms with Gasteiger partial charge in [0.15, 0.2) is 0 Å². The maximum Gasteiger partial charge on any atom is 0.282 e. The van der Waals surface area contributed by atoms with E-state index in [1.165, 1.54) is 10.9 Å². The number of hydrogen-bond acceptors (Lipinski definition) is 4. The van der Waals surface area contributed by atoms with Gasteiger partial charge in [0.1, 0.15) is 17.3 Å². The Labute approximate surface area is 193 Å². The van der Waals surface area contributed by atoms with Gasteiger partial charge in [-0.1, -0.05) is 60.4 Å². The van der Waals surface area contributed by atoms with Crippen molar-refractivity contribution in [3.05, 3.63) is 85.5 Å². The Morgan fingerprint density at radius 3 is 2.61 bits per heavy atom. The molecule has 31 heavy (non-hydrogen) atoms. The molecule has 0 fully saturated rings. The summed E-state index contributed by atoms with van der Waals surface area (Å²) in [7, 11) is 0. The van der Waals surface area contributed by atoms with Crippen LogP contribution in [0.5, 0.6) is 0 Å². The standard InChI is InChI=1S/C24H21BrClN3O2/c1-14-5-6-15(11-19(14)26)21-10-8-17(31-21)13-27-29-22(30)18-12-16(25)7-9-20(18)28-23(29)24(2,3)4/h5-13H,1-4H3. The minimum absolute atomic E-state index is 0.232. The van der Waals surface area contributed by atoms with Gasteiger partial charge in [0.05, 0.1) is 17.1 Å². The van der Waals surface area contributed by atoms with Gasteiger partial charge in [-0.15, -0.1) is 0 Å². The van der Waals surface area contributed by atoms with Crippen LogP contribution in [-0.2, 0) is 5.41 Å². The van der Waals surface area contributed by atoms with Crippen LogP contribution < -0.4 is 5.56 Å². The fourth-order valence-electron chi connectivity index (χ4n) is 3.18. The molecule has 0 saturated heterocycles. The molecule has 0 atom stereocenters. The predicted octanol–water partition coefficient (Wildman–Crippen LogP) is 6.56. The van der Waals surface area contributed by atoms with E-state index in [9.17, 15) is 4.79 Å². The first kappa shape index (κ1) is 21.5. The molecule has 0 amide bonds. The summed E-state index contributed by atoms with van der Waals surface area (Å²) in [5.74, 6) is 1.76. The van der Waals surface area contributed by atoms with Gasteiger partial charge in [-0.25, -0.2) is 4.98 Å². The minimum atomic E-state index is -0.384. The highest BCUT2D eigenvalue weighted by Gasteiger charge is 2.23. The molecule has 0 spiro atoms. The zero-order chi connectivity index (χ0) is 22.3. The first-order valence-electron chi connectivity index (χ1n) is 9.77. The Morgan fingerprint density at radius 1 is 1.13 bits per heavy atom. The largest absolute Gasteiger partial charge is 0.455 e. The highest BCUT2D eigenvalue weighted by Crippen LogP contribution is 2.27. The molecule has 4 aromatic rings. The van der Waals surface area contributed by atoms with E-state index in [-0.39, 0.29) is 11.0 Å². The molecule has 2 heterocycles. The minimum Gasteiger partial charge on any atom is -0.455 e. The zero-order valence-electron chi connectivity index (χ0n) is 17.6. The summed E-state index contributed by atoms with van der Waals surface area (Å²) in [6, 6.07) is 14.9. The summed E-state index contributed by atoms with van der Waals surface area (Å²) in [5, 5.41) is 5.62. The van der Waals surface area contributed by atoms with E-state index in [1.54, 1.807) is 12.1 Å². The van der Waals surface area contributed by atoms with Gasteiger partial charge >= 0.3 is 0 Å². The van der Waals surface area contributed by atoms with Crippen LogP contribution in [0.4, 0.5) is 0 Å². The van der Waals surface area contributed by atoms with Gasteiger partial charge in [-0.2, -0.15) is 9.78 Å². The number of aryl methyl sites for hydroxylation is 1. The average Bonchev–Trinajstić information content (AvgIpc) is 3.18. The lowest BCUT2D eigenvalue weighted by molar-refractivity contribution is 0.505. The zero-order valence-corrected chi connectivity index (χ0v) is 20.0. The van der Waals surface area contributed by atoms with Crippen molar-refractivity contribution in [1.82, 2.24) is 9.66 Å². The van der Waals surface area contributed by atoms with Crippen molar-refractivity contribution in [2.45, 2.75) is 33.1 Å².